The minimum atomic E-state index is -0.257. The SMILES string of the molecule is CN(Cc1ccccc1)C1=C(c2ccccc2)C(=O)N(C)C1=O. The molecule has 0 spiro atoms. The summed E-state index contributed by atoms with van der Waals surface area (Å²) in [4.78, 5) is 28.1. The van der Waals surface area contributed by atoms with Gasteiger partial charge in [0, 0.05) is 20.6 Å². The Morgan fingerprint density at radius 3 is 2.04 bits per heavy atom. The van der Waals surface area contributed by atoms with Crippen LogP contribution in [-0.4, -0.2) is 35.7 Å². The molecule has 0 saturated heterocycles. The first-order valence-corrected chi connectivity index (χ1v) is 7.46. The lowest BCUT2D eigenvalue weighted by Gasteiger charge is -2.20. The second-order valence-corrected chi connectivity index (χ2v) is 5.60. The van der Waals surface area contributed by atoms with Crippen molar-refractivity contribution in [1.29, 1.82) is 0 Å². The molecule has 1 heterocycles. The zero-order valence-electron chi connectivity index (χ0n) is 13.2. The molecular formula is C19H18N2O2. The van der Waals surface area contributed by atoms with Crippen LogP contribution in [0.3, 0.4) is 0 Å². The number of imide groups is 1. The van der Waals surface area contributed by atoms with Gasteiger partial charge in [-0.25, -0.2) is 0 Å². The lowest BCUT2D eigenvalue weighted by atomic mass is 10.0. The highest BCUT2D eigenvalue weighted by Crippen LogP contribution is 2.30. The van der Waals surface area contributed by atoms with Gasteiger partial charge in [-0.3, -0.25) is 14.5 Å². The van der Waals surface area contributed by atoms with E-state index in [0.29, 0.717) is 17.8 Å². The first kappa shape index (κ1) is 15.0. The maximum atomic E-state index is 12.5. The molecule has 2 aromatic rings. The summed E-state index contributed by atoms with van der Waals surface area (Å²) < 4.78 is 0. The summed E-state index contributed by atoms with van der Waals surface area (Å²) >= 11 is 0. The third-order valence-electron chi connectivity index (χ3n) is 3.97. The standard InChI is InChI=1S/C19H18N2O2/c1-20(13-14-9-5-3-6-10-14)17-16(15-11-7-4-8-12-15)18(22)21(2)19(17)23/h3-12H,13H2,1-2H3. The molecule has 116 valence electrons. The van der Waals surface area contributed by atoms with Gasteiger partial charge in [-0.2, -0.15) is 0 Å². The third-order valence-corrected chi connectivity index (χ3v) is 3.97. The topological polar surface area (TPSA) is 40.6 Å². The minimum Gasteiger partial charge on any atom is -0.365 e. The summed E-state index contributed by atoms with van der Waals surface area (Å²) in [6.07, 6.45) is 0. The Morgan fingerprint density at radius 2 is 1.43 bits per heavy atom. The molecular weight excluding hydrogens is 288 g/mol. The highest BCUT2D eigenvalue weighted by atomic mass is 16.2. The van der Waals surface area contributed by atoms with Crippen LogP contribution in [0.2, 0.25) is 0 Å². The first-order valence-electron chi connectivity index (χ1n) is 7.46. The number of amides is 2. The molecule has 0 fully saturated rings. The van der Waals surface area contributed by atoms with Gasteiger partial charge in [0.2, 0.25) is 0 Å². The fourth-order valence-electron chi connectivity index (χ4n) is 2.78. The average Bonchev–Trinajstić information content (AvgIpc) is 2.81. The molecule has 23 heavy (non-hydrogen) atoms. The van der Waals surface area contributed by atoms with Gasteiger partial charge >= 0.3 is 0 Å². The predicted octanol–water partition coefficient (Wildman–Crippen LogP) is 2.53. The van der Waals surface area contributed by atoms with Crippen LogP contribution in [0, 0.1) is 0 Å². The molecule has 0 radical (unpaired) electrons. The number of nitrogens with zero attached hydrogens (tertiary/aromatic N) is 2. The molecule has 0 aromatic heterocycles. The molecule has 1 aliphatic rings. The van der Waals surface area contributed by atoms with Crippen LogP contribution in [-0.2, 0) is 16.1 Å². The highest BCUT2D eigenvalue weighted by Gasteiger charge is 2.38. The Morgan fingerprint density at radius 1 is 0.870 bits per heavy atom. The fourth-order valence-corrected chi connectivity index (χ4v) is 2.78. The summed E-state index contributed by atoms with van der Waals surface area (Å²) in [5, 5.41) is 0. The molecule has 3 rings (SSSR count). The van der Waals surface area contributed by atoms with Crippen molar-refractivity contribution >= 4 is 17.4 Å². The molecule has 2 aromatic carbocycles. The smallest absolute Gasteiger partial charge is 0.277 e. The van der Waals surface area contributed by atoms with Gasteiger partial charge < -0.3 is 4.90 Å². The summed E-state index contributed by atoms with van der Waals surface area (Å²) in [6.45, 7) is 0.569. The Balaban J connectivity index is 2.02. The van der Waals surface area contributed by atoms with Crippen molar-refractivity contribution in [2.45, 2.75) is 6.54 Å². The van der Waals surface area contributed by atoms with E-state index in [1.807, 2.05) is 72.6 Å². The van der Waals surface area contributed by atoms with Crippen molar-refractivity contribution in [2.24, 2.45) is 0 Å². The normalized spacial score (nSPS) is 14.6. The Hall–Kier alpha value is -2.88. The molecule has 1 aliphatic heterocycles. The van der Waals surface area contributed by atoms with Gasteiger partial charge in [0.1, 0.15) is 5.70 Å². The molecule has 0 bridgehead atoms. The molecule has 0 aliphatic carbocycles. The lowest BCUT2D eigenvalue weighted by molar-refractivity contribution is -0.135. The fraction of sp³-hybridized carbons (Fsp3) is 0.158. The van der Waals surface area contributed by atoms with E-state index in [1.54, 1.807) is 0 Å². The van der Waals surface area contributed by atoms with Crippen LogP contribution < -0.4 is 0 Å². The van der Waals surface area contributed by atoms with E-state index in [-0.39, 0.29) is 11.8 Å². The first-order chi connectivity index (χ1) is 11.1. The van der Waals surface area contributed by atoms with Crippen molar-refractivity contribution in [3.05, 3.63) is 77.5 Å². The second-order valence-electron chi connectivity index (χ2n) is 5.60. The molecule has 4 nitrogen and oxygen atoms in total. The quantitative estimate of drug-likeness (QED) is 0.815. The number of benzene rings is 2. The second kappa shape index (κ2) is 6.08. The third kappa shape index (κ3) is 2.75. The summed E-state index contributed by atoms with van der Waals surface area (Å²) in [5.74, 6) is -0.511. The predicted molar refractivity (Wildman–Crippen MR) is 89.0 cm³/mol. The molecule has 0 atom stereocenters. The molecule has 2 amide bonds. The van der Waals surface area contributed by atoms with Crippen LogP contribution in [0.25, 0.3) is 5.57 Å². The molecule has 4 heteroatoms. The number of hydrogen-bond donors (Lipinski definition) is 0. The number of carbonyl (C=O) groups is 2. The average molecular weight is 306 g/mol. The van der Waals surface area contributed by atoms with E-state index in [0.717, 1.165) is 11.1 Å². The van der Waals surface area contributed by atoms with Gasteiger partial charge in [-0.15, -0.1) is 0 Å². The molecule has 0 saturated carbocycles. The number of rotatable bonds is 4. The molecule has 0 unspecified atom stereocenters. The van der Waals surface area contributed by atoms with E-state index < -0.39 is 0 Å². The Kier molecular flexibility index (Phi) is 3.98. The van der Waals surface area contributed by atoms with Crippen LogP contribution in [0.5, 0.6) is 0 Å². The van der Waals surface area contributed by atoms with E-state index in [9.17, 15) is 9.59 Å². The van der Waals surface area contributed by atoms with Gasteiger partial charge in [-0.05, 0) is 11.1 Å². The summed E-state index contributed by atoms with van der Waals surface area (Å²) in [7, 11) is 3.37. The van der Waals surface area contributed by atoms with Crippen molar-refractivity contribution < 1.29 is 9.59 Å². The van der Waals surface area contributed by atoms with Gasteiger partial charge in [0.15, 0.2) is 0 Å². The van der Waals surface area contributed by atoms with Gasteiger partial charge in [-0.1, -0.05) is 60.7 Å². The Bertz CT molecular complexity index is 766. The van der Waals surface area contributed by atoms with Crippen molar-refractivity contribution in [1.82, 2.24) is 9.80 Å². The van der Waals surface area contributed by atoms with E-state index in [2.05, 4.69) is 0 Å². The van der Waals surface area contributed by atoms with Gasteiger partial charge in [0.05, 0.1) is 5.57 Å². The van der Waals surface area contributed by atoms with Crippen LogP contribution in [0.1, 0.15) is 11.1 Å². The minimum absolute atomic E-state index is 0.254. The Labute approximate surface area is 135 Å². The van der Waals surface area contributed by atoms with E-state index in [4.69, 9.17) is 0 Å². The van der Waals surface area contributed by atoms with Crippen molar-refractivity contribution in [2.75, 3.05) is 14.1 Å². The zero-order chi connectivity index (χ0) is 16.4. The van der Waals surface area contributed by atoms with Crippen LogP contribution in [0.4, 0.5) is 0 Å². The number of likely N-dealkylation sites (N-methyl/N-ethyl adjacent to an activating group) is 2. The van der Waals surface area contributed by atoms with Crippen molar-refractivity contribution in [3.63, 3.8) is 0 Å². The van der Waals surface area contributed by atoms with Crippen LogP contribution in [0.15, 0.2) is 66.4 Å². The summed E-state index contributed by atoms with van der Waals surface area (Å²) in [6, 6.07) is 19.2. The van der Waals surface area contributed by atoms with Gasteiger partial charge in [0.25, 0.3) is 11.8 Å². The van der Waals surface area contributed by atoms with Crippen molar-refractivity contribution in [3.8, 4) is 0 Å². The highest BCUT2D eigenvalue weighted by molar-refractivity contribution is 6.35. The maximum Gasteiger partial charge on any atom is 0.277 e. The lowest BCUT2D eigenvalue weighted by Crippen LogP contribution is -2.30. The molecule has 0 N–H and O–H groups in total. The zero-order valence-corrected chi connectivity index (χ0v) is 13.2. The monoisotopic (exact) mass is 306 g/mol. The largest absolute Gasteiger partial charge is 0.365 e. The van der Waals surface area contributed by atoms with E-state index >= 15 is 0 Å². The summed E-state index contributed by atoms with van der Waals surface area (Å²) in [5.41, 5.74) is 2.78. The van der Waals surface area contributed by atoms with Crippen LogP contribution >= 0.6 is 0 Å². The van der Waals surface area contributed by atoms with E-state index in [1.165, 1.54) is 11.9 Å². The number of hydrogen-bond acceptors (Lipinski definition) is 3. The number of carbonyl (C=O) groups excluding carboxylic acids is 2. The maximum absolute atomic E-state index is 12.5.